The Morgan fingerprint density at radius 3 is 2.50 bits per heavy atom. The van der Waals surface area contributed by atoms with E-state index in [4.69, 9.17) is 33.7 Å². The molecule has 0 aliphatic carbocycles. The molecule has 0 aliphatic heterocycles. The fourth-order valence-electron chi connectivity index (χ4n) is 1.05. The lowest BCUT2D eigenvalue weighted by molar-refractivity contribution is -0.139. The van der Waals surface area contributed by atoms with Gasteiger partial charge in [0, 0.05) is 10.6 Å². The van der Waals surface area contributed by atoms with Gasteiger partial charge in [-0.1, -0.05) is 23.2 Å². The summed E-state index contributed by atoms with van der Waals surface area (Å²) < 4.78 is 4.80. The highest BCUT2D eigenvalue weighted by Crippen LogP contribution is 2.35. The lowest BCUT2D eigenvalue weighted by Gasteiger charge is -2.07. The third-order valence-corrected chi connectivity index (χ3v) is 3.59. The minimum Gasteiger partial charge on any atom is -0.465 e. The second-order valence-corrected chi connectivity index (χ2v) is 4.71. The van der Waals surface area contributed by atoms with Crippen LogP contribution >= 0.6 is 35.0 Å². The Morgan fingerprint density at radius 2 is 2.00 bits per heavy atom. The average molecular weight is 280 g/mol. The zero-order chi connectivity index (χ0) is 12.1. The van der Waals surface area contributed by atoms with Crippen LogP contribution in [0.5, 0.6) is 0 Å². The van der Waals surface area contributed by atoms with E-state index < -0.39 is 0 Å². The molecule has 0 bridgehead atoms. The summed E-state index contributed by atoms with van der Waals surface area (Å²) in [6.07, 6.45) is 0. The molecule has 0 saturated heterocycles. The standard InChI is InChI=1S/C10H11Cl2NO2S/c1-2-15-9(14)5-16-10-7(11)3-6(13)4-8(10)12/h3-4H,2,5,13H2,1H3. The van der Waals surface area contributed by atoms with Gasteiger partial charge in [-0.15, -0.1) is 11.8 Å². The van der Waals surface area contributed by atoms with E-state index in [-0.39, 0.29) is 11.7 Å². The number of halogens is 2. The Balaban J connectivity index is 2.70. The second-order valence-electron chi connectivity index (χ2n) is 2.91. The first-order valence-corrected chi connectivity index (χ1v) is 6.31. The third-order valence-electron chi connectivity index (χ3n) is 1.66. The van der Waals surface area contributed by atoms with Crippen LogP contribution < -0.4 is 5.73 Å². The van der Waals surface area contributed by atoms with Crippen LogP contribution in [0.25, 0.3) is 0 Å². The fraction of sp³-hybridized carbons (Fsp3) is 0.300. The first kappa shape index (κ1) is 13.5. The van der Waals surface area contributed by atoms with Crippen LogP contribution in [0.3, 0.4) is 0 Å². The number of thioether (sulfide) groups is 1. The van der Waals surface area contributed by atoms with Gasteiger partial charge in [-0.25, -0.2) is 0 Å². The number of esters is 1. The predicted molar refractivity (Wildman–Crippen MR) is 68.2 cm³/mol. The van der Waals surface area contributed by atoms with E-state index in [9.17, 15) is 4.79 Å². The van der Waals surface area contributed by atoms with E-state index in [1.165, 1.54) is 11.8 Å². The minimum absolute atomic E-state index is 0.178. The molecule has 1 aromatic rings. The molecule has 0 aliphatic rings. The van der Waals surface area contributed by atoms with E-state index in [1.807, 2.05) is 0 Å². The van der Waals surface area contributed by atoms with Gasteiger partial charge in [-0.05, 0) is 19.1 Å². The molecule has 0 spiro atoms. The molecule has 0 heterocycles. The van der Waals surface area contributed by atoms with Crippen LogP contribution in [0.15, 0.2) is 17.0 Å². The molecule has 0 atom stereocenters. The topological polar surface area (TPSA) is 52.3 Å². The number of benzene rings is 1. The minimum atomic E-state index is -0.295. The van der Waals surface area contributed by atoms with Gasteiger partial charge in [0.25, 0.3) is 0 Å². The van der Waals surface area contributed by atoms with Gasteiger partial charge in [0.2, 0.25) is 0 Å². The Bertz CT molecular complexity index is 375. The maximum atomic E-state index is 11.2. The molecule has 16 heavy (non-hydrogen) atoms. The van der Waals surface area contributed by atoms with Crippen molar-refractivity contribution < 1.29 is 9.53 Å². The Morgan fingerprint density at radius 1 is 1.44 bits per heavy atom. The largest absolute Gasteiger partial charge is 0.465 e. The summed E-state index contributed by atoms with van der Waals surface area (Å²) in [5, 5.41) is 0.888. The van der Waals surface area contributed by atoms with E-state index in [2.05, 4.69) is 0 Å². The normalized spacial score (nSPS) is 10.2. The van der Waals surface area contributed by atoms with Gasteiger partial charge in [0.05, 0.1) is 22.4 Å². The van der Waals surface area contributed by atoms with Gasteiger partial charge in [0.1, 0.15) is 0 Å². The zero-order valence-corrected chi connectivity index (χ0v) is 11.0. The molecule has 0 amide bonds. The molecule has 1 rings (SSSR count). The first-order chi connectivity index (χ1) is 7.54. The summed E-state index contributed by atoms with van der Waals surface area (Å²) >= 11 is 13.2. The summed E-state index contributed by atoms with van der Waals surface area (Å²) in [5.74, 6) is -0.117. The molecule has 3 nitrogen and oxygen atoms in total. The maximum Gasteiger partial charge on any atom is 0.316 e. The highest BCUT2D eigenvalue weighted by atomic mass is 35.5. The molecule has 1 aromatic carbocycles. The number of carbonyl (C=O) groups excluding carboxylic acids is 1. The smallest absolute Gasteiger partial charge is 0.316 e. The number of hydrogen-bond donors (Lipinski definition) is 1. The van der Waals surface area contributed by atoms with Gasteiger partial charge in [-0.2, -0.15) is 0 Å². The lowest BCUT2D eigenvalue weighted by atomic mass is 10.3. The maximum absolute atomic E-state index is 11.2. The van der Waals surface area contributed by atoms with Crippen LogP contribution in [-0.2, 0) is 9.53 Å². The van der Waals surface area contributed by atoms with Crippen molar-refractivity contribution in [2.75, 3.05) is 18.1 Å². The predicted octanol–water partition coefficient (Wildman–Crippen LogP) is 3.23. The zero-order valence-electron chi connectivity index (χ0n) is 8.63. The Labute approximate surface area is 108 Å². The highest BCUT2D eigenvalue weighted by Gasteiger charge is 2.10. The second kappa shape index (κ2) is 6.23. The Hall–Kier alpha value is -0.580. The van der Waals surface area contributed by atoms with E-state index in [0.717, 1.165) is 0 Å². The fourth-order valence-corrected chi connectivity index (χ4v) is 2.62. The first-order valence-electron chi connectivity index (χ1n) is 4.57. The van der Waals surface area contributed by atoms with Crippen molar-refractivity contribution in [3.05, 3.63) is 22.2 Å². The van der Waals surface area contributed by atoms with Crippen molar-refractivity contribution >= 4 is 46.6 Å². The molecular weight excluding hydrogens is 269 g/mol. The van der Waals surface area contributed by atoms with Crippen LogP contribution in [0, 0.1) is 0 Å². The number of nitrogens with two attached hydrogens (primary N) is 1. The lowest BCUT2D eigenvalue weighted by Crippen LogP contribution is -2.06. The molecule has 0 saturated carbocycles. The molecule has 88 valence electrons. The number of hydrogen-bond acceptors (Lipinski definition) is 4. The van der Waals surface area contributed by atoms with Crippen molar-refractivity contribution in [1.82, 2.24) is 0 Å². The Kier molecular flexibility index (Phi) is 5.25. The number of nitrogen functional groups attached to an aromatic ring is 1. The van der Waals surface area contributed by atoms with E-state index >= 15 is 0 Å². The van der Waals surface area contributed by atoms with Crippen molar-refractivity contribution in [2.45, 2.75) is 11.8 Å². The molecular formula is C10H11Cl2NO2S. The quantitative estimate of drug-likeness (QED) is 0.522. The molecule has 0 aromatic heterocycles. The van der Waals surface area contributed by atoms with Gasteiger partial charge < -0.3 is 10.5 Å². The van der Waals surface area contributed by atoms with Gasteiger partial charge in [-0.3, -0.25) is 4.79 Å². The van der Waals surface area contributed by atoms with Crippen molar-refractivity contribution in [2.24, 2.45) is 0 Å². The van der Waals surface area contributed by atoms with Crippen LogP contribution in [0.1, 0.15) is 6.92 Å². The monoisotopic (exact) mass is 279 g/mol. The summed E-state index contributed by atoms with van der Waals surface area (Å²) in [6.45, 7) is 2.12. The molecule has 2 N–H and O–H groups in total. The van der Waals surface area contributed by atoms with Crippen LogP contribution in [0.4, 0.5) is 5.69 Å². The molecule has 0 radical (unpaired) electrons. The van der Waals surface area contributed by atoms with Crippen LogP contribution in [-0.4, -0.2) is 18.3 Å². The van der Waals surface area contributed by atoms with Crippen molar-refractivity contribution in [1.29, 1.82) is 0 Å². The van der Waals surface area contributed by atoms with E-state index in [0.29, 0.717) is 27.2 Å². The highest BCUT2D eigenvalue weighted by molar-refractivity contribution is 8.00. The SMILES string of the molecule is CCOC(=O)CSc1c(Cl)cc(N)cc1Cl. The van der Waals surface area contributed by atoms with Gasteiger partial charge >= 0.3 is 5.97 Å². The molecule has 0 fully saturated rings. The average Bonchev–Trinajstić information content (AvgIpc) is 2.16. The van der Waals surface area contributed by atoms with Crippen molar-refractivity contribution in [3.63, 3.8) is 0 Å². The van der Waals surface area contributed by atoms with E-state index in [1.54, 1.807) is 19.1 Å². The number of anilines is 1. The summed E-state index contributed by atoms with van der Waals surface area (Å²) in [5.41, 5.74) is 6.06. The van der Waals surface area contributed by atoms with Gasteiger partial charge in [0.15, 0.2) is 0 Å². The van der Waals surface area contributed by atoms with Crippen LogP contribution in [0.2, 0.25) is 10.0 Å². The third kappa shape index (κ3) is 3.77. The van der Waals surface area contributed by atoms with Crippen molar-refractivity contribution in [3.8, 4) is 0 Å². The number of carbonyl (C=O) groups is 1. The number of rotatable bonds is 4. The number of ether oxygens (including phenoxy) is 1. The summed E-state index contributed by atoms with van der Waals surface area (Å²) in [7, 11) is 0. The molecule has 6 heteroatoms. The summed E-state index contributed by atoms with van der Waals surface area (Å²) in [6, 6.07) is 3.20. The summed E-state index contributed by atoms with van der Waals surface area (Å²) in [4.78, 5) is 11.8. The molecule has 0 unspecified atom stereocenters.